The van der Waals surface area contributed by atoms with Gasteiger partial charge in [-0.25, -0.2) is 9.97 Å². The van der Waals surface area contributed by atoms with E-state index in [2.05, 4.69) is 15.0 Å². The van der Waals surface area contributed by atoms with E-state index in [-0.39, 0.29) is 16.1 Å². The van der Waals surface area contributed by atoms with Crippen LogP contribution < -0.4 is 5.73 Å². The third kappa shape index (κ3) is 3.10. The van der Waals surface area contributed by atoms with Crippen LogP contribution in [0.15, 0.2) is 29.3 Å². The number of hydrogen-bond acceptors (Lipinski definition) is 4. The van der Waals surface area contributed by atoms with E-state index >= 15 is 0 Å². The predicted molar refractivity (Wildman–Crippen MR) is 75.2 cm³/mol. The average Bonchev–Trinajstić information content (AvgIpc) is 2.34. The number of nitrogens with zero attached hydrogens (tertiary/aromatic N) is 3. The number of halogens is 3. The number of nitrogens with two attached hydrogens (primary N) is 1. The molecule has 7 heteroatoms. The highest BCUT2D eigenvalue weighted by atomic mass is 35.5. The Bertz CT molecular complexity index is 596. The summed E-state index contributed by atoms with van der Waals surface area (Å²) in [6, 6.07) is 7.00. The van der Waals surface area contributed by atoms with E-state index in [1.807, 2.05) is 0 Å². The minimum Gasteiger partial charge on any atom is -0.382 e. The van der Waals surface area contributed by atoms with Crippen LogP contribution in [0.5, 0.6) is 0 Å². The first kappa shape index (κ1) is 13.1. The molecule has 0 radical (unpaired) electrons. The fourth-order valence-electron chi connectivity index (χ4n) is 1.18. The zero-order valence-corrected chi connectivity index (χ0v) is 11.2. The summed E-state index contributed by atoms with van der Waals surface area (Å²) in [7, 11) is 0. The molecule has 0 bridgehead atoms. The van der Waals surface area contributed by atoms with Crippen LogP contribution >= 0.6 is 34.8 Å². The molecule has 0 spiro atoms. The Morgan fingerprint density at radius 3 is 2.28 bits per heavy atom. The van der Waals surface area contributed by atoms with Gasteiger partial charge in [0.25, 0.3) is 0 Å². The van der Waals surface area contributed by atoms with Crippen molar-refractivity contribution in [1.29, 1.82) is 0 Å². The number of aliphatic imine (C=N–C) groups is 1. The maximum Gasteiger partial charge on any atom is 0.168 e. The lowest BCUT2D eigenvalue weighted by Crippen LogP contribution is -2.01. The molecule has 1 heterocycles. The Labute approximate surface area is 118 Å². The molecule has 0 aliphatic carbocycles. The zero-order valence-electron chi connectivity index (χ0n) is 8.94. The van der Waals surface area contributed by atoms with Crippen LogP contribution in [-0.4, -0.2) is 16.2 Å². The van der Waals surface area contributed by atoms with Gasteiger partial charge in [0.15, 0.2) is 16.1 Å². The van der Waals surface area contributed by atoms with Crippen molar-refractivity contribution in [2.75, 3.05) is 5.73 Å². The number of hydrogen-bond donors (Lipinski definition) is 1. The first-order valence-corrected chi connectivity index (χ1v) is 5.98. The molecule has 2 rings (SSSR count). The smallest absolute Gasteiger partial charge is 0.168 e. The van der Waals surface area contributed by atoms with Crippen LogP contribution in [0.4, 0.5) is 11.5 Å². The number of aromatic nitrogens is 2. The molecule has 0 atom stereocenters. The quantitative estimate of drug-likeness (QED) is 0.859. The second-order valence-corrected chi connectivity index (χ2v) is 4.46. The summed E-state index contributed by atoms with van der Waals surface area (Å²) in [5.74, 6) is 0.169. The highest BCUT2D eigenvalue weighted by Crippen LogP contribution is 2.20. The summed E-state index contributed by atoms with van der Waals surface area (Å²) >= 11 is 17.2. The third-order valence-corrected chi connectivity index (χ3v) is 2.91. The van der Waals surface area contributed by atoms with Crippen LogP contribution in [0.3, 0.4) is 0 Å². The van der Waals surface area contributed by atoms with Crippen LogP contribution in [0.25, 0.3) is 0 Å². The van der Waals surface area contributed by atoms with Crippen molar-refractivity contribution in [3.63, 3.8) is 0 Å². The molecule has 0 fully saturated rings. The maximum absolute atomic E-state index is 5.77. The van der Waals surface area contributed by atoms with E-state index in [0.29, 0.717) is 16.4 Å². The lowest BCUT2D eigenvalue weighted by molar-refractivity contribution is 1.19. The lowest BCUT2D eigenvalue weighted by Gasteiger charge is -2.00. The number of rotatable bonds is 2. The predicted octanol–water partition coefficient (Wildman–Crippen LogP) is 3.77. The van der Waals surface area contributed by atoms with E-state index in [1.165, 1.54) is 6.21 Å². The van der Waals surface area contributed by atoms with Gasteiger partial charge in [0.2, 0.25) is 0 Å². The molecule has 0 saturated carbocycles. The van der Waals surface area contributed by atoms with Gasteiger partial charge in [-0.3, -0.25) is 4.99 Å². The van der Waals surface area contributed by atoms with Gasteiger partial charge in [-0.15, -0.1) is 0 Å². The van der Waals surface area contributed by atoms with Crippen LogP contribution in [-0.2, 0) is 0 Å². The van der Waals surface area contributed by atoms with Crippen molar-refractivity contribution in [2.24, 2.45) is 4.99 Å². The molecule has 0 aliphatic heterocycles. The number of anilines is 1. The largest absolute Gasteiger partial charge is 0.382 e. The number of benzene rings is 1. The van der Waals surface area contributed by atoms with Crippen molar-refractivity contribution in [3.8, 4) is 0 Å². The standard InChI is InChI=1S/C11H7Cl3N4/c12-6-1-3-7(4-2-6)16-5-8-11(15)18-10(14)9(13)17-8/h1-5H,(H2,15,18). The van der Waals surface area contributed by atoms with E-state index in [1.54, 1.807) is 24.3 Å². The van der Waals surface area contributed by atoms with E-state index in [0.717, 1.165) is 0 Å². The van der Waals surface area contributed by atoms with Crippen LogP contribution in [0, 0.1) is 0 Å². The SMILES string of the molecule is Nc1nc(Cl)c(Cl)nc1C=Nc1ccc(Cl)cc1. The second kappa shape index (κ2) is 5.52. The maximum atomic E-state index is 5.77. The van der Waals surface area contributed by atoms with Crippen molar-refractivity contribution >= 4 is 52.5 Å². The van der Waals surface area contributed by atoms with Gasteiger partial charge in [0.1, 0.15) is 5.69 Å². The third-order valence-electron chi connectivity index (χ3n) is 2.03. The molecule has 2 N–H and O–H groups in total. The van der Waals surface area contributed by atoms with Gasteiger partial charge < -0.3 is 5.73 Å². The van der Waals surface area contributed by atoms with E-state index in [9.17, 15) is 0 Å². The van der Waals surface area contributed by atoms with Gasteiger partial charge >= 0.3 is 0 Å². The summed E-state index contributed by atoms with van der Waals surface area (Å²) in [5, 5.41) is 0.795. The minimum atomic E-state index is 0.0674. The molecule has 18 heavy (non-hydrogen) atoms. The Morgan fingerprint density at radius 2 is 1.61 bits per heavy atom. The molecule has 1 aromatic heterocycles. The summed E-state index contributed by atoms with van der Waals surface area (Å²) in [6.45, 7) is 0. The minimum absolute atomic E-state index is 0.0674. The number of nitrogen functional groups attached to an aromatic ring is 1. The van der Waals surface area contributed by atoms with Crippen LogP contribution in [0.2, 0.25) is 15.3 Å². The van der Waals surface area contributed by atoms with E-state index in [4.69, 9.17) is 40.5 Å². The van der Waals surface area contributed by atoms with Crippen molar-refractivity contribution in [3.05, 3.63) is 45.3 Å². The lowest BCUT2D eigenvalue weighted by atomic mass is 10.3. The molecule has 1 aromatic carbocycles. The summed E-state index contributed by atoms with van der Waals surface area (Å²) in [4.78, 5) is 12.0. The molecular weight excluding hydrogens is 295 g/mol. The van der Waals surface area contributed by atoms with Gasteiger partial charge in [-0.2, -0.15) is 0 Å². The van der Waals surface area contributed by atoms with E-state index < -0.39 is 0 Å². The molecule has 2 aromatic rings. The Balaban J connectivity index is 2.28. The first-order valence-electron chi connectivity index (χ1n) is 4.84. The Morgan fingerprint density at radius 1 is 1.00 bits per heavy atom. The molecule has 4 nitrogen and oxygen atoms in total. The van der Waals surface area contributed by atoms with Crippen molar-refractivity contribution < 1.29 is 0 Å². The average molecular weight is 302 g/mol. The van der Waals surface area contributed by atoms with Crippen LogP contribution in [0.1, 0.15) is 5.69 Å². The highest BCUT2D eigenvalue weighted by molar-refractivity contribution is 6.40. The van der Waals surface area contributed by atoms with Gasteiger partial charge in [0.05, 0.1) is 11.9 Å². The monoisotopic (exact) mass is 300 g/mol. The molecule has 92 valence electrons. The van der Waals surface area contributed by atoms with Crippen molar-refractivity contribution in [1.82, 2.24) is 9.97 Å². The summed E-state index contributed by atoms with van der Waals surface area (Å²) in [5.41, 5.74) is 6.72. The zero-order chi connectivity index (χ0) is 13.1. The Kier molecular flexibility index (Phi) is 4.01. The molecule has 0 saturated heterocycles. The fraction of sp³-hybridized carbons (Fsp3) is 0. The van der Waals surface area contributed by atoms with Crippen molar-refractivity contribution in [2.45, 2.75) is 0 Å². The van der Waals surface area contributed by atoms with Gasteiger partial charge in [-0.05, 0) is 24.3 Å². The molecule has 0 unspecified atom stereocenters. The molecule has 0 amide bonds. The highest BCUT2D eigenvalue weighted by Gasteiger charge is 2.06. The topological polar surface area (TPSA) is 64.2 Å². The molecular formula is C11H7Cl3N4. The molecule has 0 aliphatic rings. The first-order chi connectivity index (χ1) is 8.56. The summed E-state index contributed by atoms with van der Waals surface area (Å²) in [6.07, 6.45) is 1.47. The van der Waals surface area contributed by atoms with Gasteiger partial charge in [-0.1, -0.05) is 34.8 Å². The van der Waals surface area contributed by atoms with Gasteiger partial charge in [0, 0.05) is 5.02 Å². The fourth-order valence-corrected chi connectivity index (χ4v) is 1.57. The second-order valence-electron chi connectivity index (χ2n) is 3.31. The normalized spacial score (nSPS) is 11.1. The summed E-state index contributed by atoms with van der Waals surface area (Å²) < 4.78 is 0. The Hall–Kier alpha value is -1.36.